The Kier molecular flexibility index (Phi) is 9.04. The van der Waals surface area contributed by atoms with E-state index in [0.29, 0.717) is 16.9 Å². The lowest BCUT2D eigenvalue weighted by Crippen LogP contribution is -2.44. The number of benzene rings is 3. The van der Waals surface area contributed by atoms with E-state index >= 15 is 0 Å². The number of nitrogens with two attached hydrogens (primary N) is 1. The lowest BCUT2D eigenvalue weighted by molar-refractivity contribution is -0.139. The first-order chi connectivity index (χ1) is 20.3. The summed E-state index contributed by atoms with van der Waals surface area (Å²) < 4.78 is 68.3. The Labute approximate surface area is 242 Å². The molecule has 1 unspecified atom stereocenters. The number of nitrogens with zero attached hydrogens (tertiary/aromatic N) is 2. The van der Waals surface area contributed by atoms with Crippen LogP contribution in [0.2, 0.25) is 0 Å². The summed E-state index contributed by atoms with van der Waals surface area (Å²) in [5.41, 5.74) is 3.39. The van der Waals surface area contributed by atoms with Crippen molar-refractivity contribution in [2.75, 3.05) is 13.7 Å². The average molecular weight is 602 g/mol. The molecule has 13 heteroatoms. The van der Waals surface area contributed by atoms with Crippen LogP contribution in [0.1, 0.15) is 28.4 Å². The predicted octanol–water partition coefficient (Wildman–Crippen LogP) is 4.36. The van der Waals surface area contributed by atoms with Gasteiger partial charge in [-0.05, 0) is 54.4 Å². The van der Waals surface area contributed by atoms with Crippen LogP contribution in [0.4, 0.5) is 17.6 Å². The van der Waals surface area contributed by atoms with Crippen molar-refractivity contribution in [2.24, 2.45) is 5.73 Å². The van der Waals surface area contributed by atoms with Gasteiger partial charge in [0.05, 0.1) is 31.3 Å². The molecule has 226 valence electrons. The fraction of sp³-hybridized carbons (Fsp3) is 0.233. The molecule has 0 bridgehead atoms. The number of halogens is 4. The zero-order valence-electron chi connectivity index (χ0n) is 23.0. The number of aromatic nitrogens is 2. The van der Waals surface area contributed by atoms with Crippen molar-refractivity contribution in [3.8, 4) is 22.6 Å². The first-order valence-corrected chi connectivity index (χ1v) is 12.8. The van der Waals surface area contributed by atoms with E-state index < -0.39 is 59.5 Å². The second kappa shape index (κ2) is 12.5. The second-order valence-electron chi connectivity index (χ2n) is 9.60. The number of hydrogen-bond acceptors (Lipinski definition) is 6. The quantitative estimate of drug-likeness (QED) is 0.259. The zero-order chi connectivity index (χ0) is 31.5. The highest BCUT2D eigenvalue weighted by Gasteiger charge is 2.35. The molecule has 3 N–H and O–H groups in total. The minimum Gasteiger partial charge on any atom is -0.497 e. The van der Waals surface area contributed by atoms with Gasteiger partial charge in [0, 0.05) is 17.3 Å². The number of ether oxygens (including phenoxy) is 2. The predicted molar refractivity (Wildman–Crippen MR) is 149 cm³/mol. The highest BCUT2D eigenvalue weighted by atomic mass is 19.4. The largest absolute Gasteiger partial charge is 0.497 e. The van der Waals surface area contributed by atoms with Gasteiger partial charge in [-0.25, -0.2) is 14.0 Å². The van der Waals surface area contributed by atoms with Crippen LogP contribution in [0, 0.1) is 12.7 Å². The second-order valence-corrected chi connectivity index (χ2v) is 9.60. The molecule has 0 saturated carbocycles. The summed E-state index contributed by atoms with van der Waals surface area (Å²) in [5, 5.41) is 8.78. The van der Waals surface area contributed by atoms with Gasteiger partial charge in [-0.15, -0.1) is 0 Å². The van der Waals surface area contributed by atoms with Crippen molar-refractivity contribution in [1.29, 1.82) is 0 Å². The number of alkyl halides is 3. The van der Waals surface area contributed by atoms with E-state index in [-0.39, 0.29) is 23.6 Å². The van der Waals surface area contributed by atoms with Gasteiger partial charge in [-0.2, -0.15) is 13.2 Å². The lowest BCUT2D eigenvalue weighted by Gasteiger charge is -2.21. The Morgan fingerprint density at radius 2 is 1.67 bits per heavy atom. The molecule has 3 aromatic carbocycles. The molecule has 1 atom stereocenters. The van der Waals surface area contributed by atoms with E-state index in [4.69, 9.17) is 20.3 Å². The molecule has 0 saturated heterocycles. The molecule has 1 heterocycles. The fourth-order valence-corrected chi connectivity index (χ4v) is 4.66. The van der Waals surface area contributed by atoms with E-state index in [0.717, 1.165) is 27.3 Å². The van der Waals surface area contributed by atoms with Gasteiger partial charge in [0.25, 0.3) is 5.56 Å². The van der Waals surface area contributed by atoms with Crippen LogP contribution < -0.4 is 26.5 Å². The van der Waals surface area contributed by atoms with Crippen molar-refractivity contribution >= 4 is 5.97 Å². The summed E-state index contributed by atoms with van der Waals surface area (Å²) in [6, 6.07) is 13.9. The first-order valence-electron chi connectivity index (χ1n) is 12.8. The smallest absolute Gasteiger partial charge is 0.416 e. The molecular formula is C30H27F4N3O6. The number of methoxy groups -OCH3 is 1. The van der Waals surface area contributed by atoms with Crippen molar-refractivity contribution < 1.29 is 36.9 Å². The third-order valence-corrected chi connectivity index (χ3v) is 6.84. The maximum Gasteiger partial charge on any atom is 0.416 e. The topological polar surface area (TPSA) is 126 Å². The van der Waals surface area contributed by atoms with Crippen molar-refractivity contribution in [1.82, 2.24) is 9.13 Å². The molecule has 0 amide bonds. The molecule has 4 rings (SSSR count). The number of aliphatic carboxylic acids is 1. The summed E-state index contributed by atoms with van der Waals surface area (Å²) in [4.78, 5) is 38.3. The molecule has 0 fully saturated rings. The Morgan fingerprint density at radius 3 is 2.30 bits per heavy atom. The summed E-state index contributed by atoms with van der Waals surface area (Å²) >= 11 is 0. The van der Waals surface area contributed by atoms with Gasteiger partial charge >= 0.3 is 17.8 Å². The Bertz CT molecular complexity index is 1760. The molecule has 9 nitrogen and oxygen atoms in total. The molecule has 43 heavy (non-hydrogen) atoms. The van der Waals surface area contributed by atoms with Gasteiger partial charge in [-0.1, -0.05) is 30.3 Å². The molecule has 0 radical (unpaired) electrons. The normalized spacial score (nSPS) is 12.2. The maximum atomic E-state index is 14.8. The van der Waals surface area contributed by atoms with Crippen LogP contribution in [0.3, 0.4) is 0 Å². The Morgan fingerprint density at radius 1 is 1.00 bits per heavy atom. The molecule has 0 aliphatic rings. The SMILES string of the molecule is COc1cccc(-c2c(C)n(Cc3c(F)cccc3C(F)(F)F)c(=O)n(CC(N)c3ccc(OCC(=O)O)cc3)c2=O)c1. The third kappa shape index (κ3) is 6.78. The monoisotopic (exact) mass is 601 g/mol. The van der Waals surface area contributed by atoms with Crippen LogP contribution in [-0.4, -0.2) is 33.9 Å². The van der Waals surface area contributed by atoms with E-state index in [1.165, 1.54) is 44.4 Å². The highest BCUT2D eigenvalue weighted by Crippen LogP contribution is 2.34. The van der Waals surface area contributed by atoms with Crippen molar-refractivity contribution in [2.45, 2.75) is 32.2 Å². The van der Waals surface area contributed by atoms with Crippen LogP contribution in [0.25, 0.3) is 11.1 Å². The number of hydrogen-bond donors (Lipinski definition) is 2. The van der Waals surface area contributed by atoms with Gasteiger partial charge in [0.15, 0.2) is 6.61 Å². The maximum absolute atomic E-state index is 14.8. The molecule has 0 aliphatic heterocycles. The van der Waals surface area contributed by atoms with Crippen LogP contribution in [0.15, 0.2) is 76.3 Å². The number of carboxylic acid groups (broad SMARTS) is 1. The van der Waals surface area contributed by atoms with Crippen molar-refractivity contribution in [3.05, 3.63) is 116 Å². The molecule has 4 aromatic rings. The van der Waals surface area contributed by atoms with Gasteiger partial charge in [0.2, 0.25) is 0 Å². The van der Waals surface area contributed by atoms with E-state index in [1.807, 2.05) is 0 Å². The summed E-state index contributed by atoms with van der Waals surface area (Å²) in [7, 11) is 1.42. The van der Waals surface area contributed by atoms with Crippen LogP contribution >= 0.6 is 0 Å². The fourth-order valence-electron chi connectivity index (χ4n) is 4.66. The summed E-state index contributed by atoms with van der Waals surface area (Å²) in [6.45, 7) is -0.359. The van der Waals surface area contributed by atoms with Crippen LogP contribution in [0.5, 0.6) is 11.5 Å². The van der Waals surface area contributed by atoms with Crippen molar-refractivity contribution in [3.63, 3.8) is 0 Å². The molecule has 0 spiro atoms. The highest BCUT2D eigenvalue weighted by molar-refractivity contribution is 5.68. The van der Waals surface area contributed by atoms with Crippen LogP contribution in [-0.2, 0) is 24.1 Å². The Hall–Kier alpha value is -4.91. The first kappa shape index (κ1) is 31.0. The summed E-state index contributed by atoms with van der Waals surface area (Å²) in [6.07, 6.45) is -4.90. The van der Waals surface area contributed by atoms with Gasteiger partial charge in [0.1, 0.15) is 17.3 Å². The standard InChI is InChI=1S/C30H27F4N3O6/c1-17-27(19-5-3-6-21(13-19)42-2)28(40)37(15-25(35)18-9-11-20(12-10-18)43-16-26(38)39)29(41)36(17)14-22-23(30(32,33)34)7-4-8-24(22)31/h3-13,25H,14-16,35H2,1-2H3,(H,38,39). The van der Waals surface area contributed by atoms with E-state index in [9.17, 15) is 31.9 Å². The molecule has 1 aromatic heterocycles. The van der Waals surface area contributed by atoms with Gasteiger partial charge < -0.3 is 20.3 Å². The number of rotatable bonds is 10. The third-order valence-electron chi connectivity index (χ3n) is 6.84. The number of carboxylic acids is 1. The zero-order valence-corrected chi connectivity index (χ0v) is 23.0. The molecule has 0 aliphatic carbocycles. The Balaban J connectivity index is 1.86. The lowest BCUT2D eigenvalue weighted by atomic mass is 10.0. The molecular weight excluding hydrogens is 574 g/mol. The summed E-state index contributed by atoms with van der Waals surface area (Å²) in [5.74, 6) is -1.70. The minimum absolute atomic E-state index is 0.00647. The van der Waals surface area contributed by atoms with E-state index in [1.54, 1.807) is 18.2 Å². The average Bonchev–Trinajstić information content (AvgIpc) is 2.96. The van der Waals surface area contributed by atoms with E-state index in [2.05, 4.69) is 0 Å². The van der Waals surface area contributed by atoms with Gasteiger partial charge in [-0.3, -0.25) is 13.9 Å². The minimum atomic E-state index is -4.90. The number of carbonyl (C=O) groups is 1.